The maximum Gasteiger partial charge on any atom is 0.187 e. The van der Waals surface area contributed by atoms with Gasteiger partial charge in [0.25, 0.3) is 0 Å². The van der Waals surface area contributed by atoms with Gasteiger partial charge in [0.15, 0.2) is 6.29 Å². The molecular formula is C17H27N3O10. The van der Waals surface area contributed by atoms with E-state index in [9.17, 15) is 35.7 Å². The topological polar surface area (TPSA) is 218 Å². The van der Waals surface area contributed by atoms with Crippen LogP contribution in [-0.2, 0) is 9.47 Å². The summed E-state index contributed by atoms with van der Waals surface area (Å²) >= 11 is 0. The van der Waals surface area contributed by atoms with Gasteiger partial charge in [-0.1, -0.05) is 6.07 Å². The quantitative estimate of drug-likeness (QED) is 0.127. The molecule has 1 fully saturated rings. The summed E-state index contributed by atoms with van der Waals surface area (Å²) in [7, 11) is 0. The van der Waals surface area contributed by atoms with Gasteiger partial charge in [0, 0.05) is 6.20 Å². The van der Waals surface area contributed by atoms with Crippen LogP contribution in [-0.4, -0.2) is 120 Å². The number of ether oxygens (including phenoxy) is 2. The minimum Gasteiger partial charge on any atom is -0.394 e. The number of hydrogen-bond acceptors (Lipinski definition) is 13. The Balaban J connectivity index is 2.17. The zero-order valence-corrected chi connectivity index (χ0v) is 15.8. The third-order valence-electron chi connectivity index (χ3n) is 4.47. The van der Waals surface area contributed by atoms with Crippen molar-refractivity contribution in [3.63, 3.8) is 0 Å². The van der Waals surface area contributed by atoms with E-state index in [2.05, 4.69) is 15.5 Å². The molecule has 1 aromatic rings. The Morgan fingerprint density at radius 2 is 1.83 bits per heavy atom. The summed E-state index contributed by atoms with van der Waals surface area (Å²) < 4.78 is 10.6. The zero-order valence-electron chi connectivity index (χ0n) is 15.8. The summed E-state index contributed by atoms with van der Waals surface area (Å²) in [6, 6.07) is 4.95. The molecule has 13 nitrogen and oxygen atoms in total. The molecule has 0 unspecified atom stereocenters. The van der Waals surface area contributed by atoms with Crippen LogP contribution < -0.4 is 5.43 Å². The van der Waals surface area contributed by atoms with Gasteiger partial charge in [-0.25, -0.2) is 4.98 Å². The number of anilines is 1. The third kappa shape index (κ3) is 6.12. The van der Waals surface area contributed by atoms with Gasteiger partial charge in [-0.3, -0.25) is 5.43 Å². The van der Waals surface area contributed by atoms with Gasteiger partial charge < -0.3 is 50.3 Å². The first kappa shape index (κ1) is 24.5. The molecule has 9 atom stereocenters. The standard InChI is InChI=1S/C17H27N3O10/c21-6-8(23)12(24)13(25)9(5-19-20-11-3-1-2-4-18-11)29-17-16(28)15(27)14(26)10(7-22)30-17/h1-5,8-10,12-17,21-28H,6-7H2,(H,18,20)/b19-5+/t8-,9+,10-,12-,13-,14-,15+,16-,17-/m1/s1. The van der Waals surface area contributed by atoms with Gasteiger partial charge in [0.2, 0.25) is 0 Å². The van der Waals surface area contributed by atoms with Crippen molar-refractivity contribution in [1.29, 1.82) is 0 Å². The van der Waals surface area contributed by atoms with Gasteiger partial charge in [0.05, 0.1) is 19.4 Å². The first-order chi connectivity index (χ1) is 14.3. The van der Waals surface area contributed by atoms with E-state index in [1.54, 1.807) is 18.2 Å². The fourth-order valence-electron chi connectivity index (χ4n) is 2.67. The van der Waals surface area contributed by atoms with E-state index in [1.807, 2.05) is 0 Å². The van der Waals surface area contributed by atoms with Crippen molar-refractivity contribution in [3.8, 4) is 0 Å². The van der Waals surface area contributed by atoms with Crippen LogP contribution in [0.2, 0.25) is 0 Å². The molecule has 170 valence electrons. The molecule has 1 saturated heterocycles. The van der Waals surface area contributed by atoms with Crippen molar-refractivity contribution >= 4 is 12.0 Å². The number of nitrogens with zero attached hydrogens (tertiary/aromatic N) is 2. The minimum absolute atomic E-state index is 0.339. The van der Waals surface area contributed by atoms with E-state index < -0.39 is 68.3 Å². The zero-order chi connectivity index (χ0) is 22.3. The second-order valence-electron chi connectivity index (χ2n) is 6.63. The summed E-state index contributed by atoms with van der Waals surface area (Å²) in [6.07, 6.45) is -12.5. The smallest absolute Gasteiger partial charge is 0.187 e. The number of hydrazone groups is 1. The first-order valence-electron chi connectivity index (χ1n) is 9.11. The normalized spacial score (nSPS) is 31.3. The Morgan fingerprint density at radius 3 is 2.43 bits per heavy atom. The van der Waals surface area contributed by atoms with Gasteiger partial charge in [-0.05, 0) is 12.1 Å². The summed E-state index contributed by atoms with van der Waals surface area (Å²) in [5, 5.41) is 81.8. The highest BCUT2D eigenvalue weighted by Gasteiger charge is 2.46. The highest BCUT2D eigenvalue weighted by atomic mass is 16.7. The predicted molar refractivity (Wildman–Crippen MR) is 100 cm³/mol. The van der Waals surface area contributed by atoms with Crippen molar-refractivity contribution in [2.45, 2.75) is 55.1 Å². The van der Waals surface area contributed by atoms with E-state index in [0.717, 1.165) is 6.21 Å². The first-order valence-corrected chi connectivity index (χ1v) is 9.11. The molecule has 0 saturated carbocycles. The largest absolute Gasteiger partial charge is 0.394 e. The van der Waals surface area contributed by atoms with Crippen LogP contribution in [0.3, 0.4) is 0 Å². The van der Waals surface area contributed by atoms with E-state index in [1.165, 1.54) is 6.20 Å². The second kappa shape index (κ2) is 11.6. The van der Waals surface area contributed by atoms with Crippen LogP contribution in [0.25, 0.3) is 0 Å². The molecule has 30 heavy (non-hydrogen) atoms. The van der Waals surface area contributed by atoms with Crippen molar-refractivity contribution in [2.24, 2.45) is 5.10 Å². The molecular weight excluding hydrogens is 406 g/mol. The van der Waals surface area contributed by atoms with Gasteiger partial charge >= 0.3 is 0 Å². The van der Waals surface area contributed by atoms with Crippen LogP contribution in [0.5, 0.6) is 0 Å². The lowest BCUT2D eigenvalue weighted by Gasteiger charge is -2.41. The molecule has 0 spiro atoms. The Labute approximate surface area is 171 Å². The second-order valence-corrected chi connectivity index (χ2v) is 6.63. The van der Waals surface area contributed by atoms with Crippen molar-refractivity contribution in [1.82, 2.24) is 4.98 Å². The summed E-state index contributed by atoms with van der Waals surface area (Å²) in [5.41, 5.74) is 2.54. The molecule has 2 heterocycles. The van der Waals surface area contributed by atoms with Gasteiger partial charge in [-0.2, -0.15) is 5.10 Å². The van der Waals surface area contributed by atoms with Crippen molar-refractivity contribution in [3.05, 3.63) is 24.4 Å². The van der Waals surface area contributed by atoms with Gasteiger partial charge in [0.1, 0.15) is 54.6 Å². The molecule has 0 aromatic carbocycles. The monoisotopic (exact) mass is 433 g/mol. The molecule has 1 aliphatic rings. The number of nitrogens with one attached hydrogen (secondary N) is 1. The summed E-state index contributed by atoms with van der Waals surface area (Å²) in [4.78, 5) is 3.96. The predicted octanol–water partition coefficient (Wildman–Crippen LogP) is -4.26. The van der Waals surface area contributed by atoms with E-state index in [0.29, 0.717) is 5.82 Å². The number of pyridine rings is 1. The fraction of sp³-hybridized carbons (Fsp3) is 0.647. The molecule has 0 radical (unpaired) electrons. The van der Waals surface area contributed by atoms with Crippen molar-refractivity contribution < 1.29 is 50.3 Å². The number of aliphatic hydroxyl groups is 8. The van der Waals surface area contributed by atoms with Gasteiger partial charge in [-0.15, -0.1) is 0 Å². The Morgan fingerprint density at radius 1 is 1.10 bits per heavy atom. The minimum atomic E-state index is -1.87. The number of aliphatic hydroxyl groups excluding tert-OH is 8. The molecule has 2 rings (SSSR count). The molecule has 1 aromatic heterocycles. The Bertz CT molecular complexity index is 652. The average molecular weight is 433 g/mol. The number of rotatable bonds is 10. The SMILES string of the molecule is OC[C@@H](O)[C@@H](O)[C@H](O)[C@H](/C=N/Nc1ccccn1)O[C@@H]1O[C@H](CO)[C@@H](O)[C@H](O)[C@H]1O. The number of aromatic nitrogens is 1. The molecule has 0 bridgehead atoms. The Kier molecular flexibility index (Phi) is 9.44. The highest BCUT2D eigenvalue weighted by Crippen LogP contribution is 2.24. The van der Waals surface area contributed by atoms with Crippen LogP contribution in [0.4, 0.5) is 5.82 Å². The maximum atomic E-state index is 10.4. The third-order valence-corrected chi connectivity index (χ3v) is 4.47. The van der Waals surface area contributed by atoms with E-state index in [4.69, 9.17) is 14.6 Å². The fourth-order valence-corrected chi connectivity index (χ4v) is 2.67. The lowest BCUT2D eigenvalue weighted by Crippen LogP contribution is -2.60. The lowest BCUT2D eigenvalue weighted by atomic mass is 9.99. The Hall–Kier alpha value is -1.78. The molecule has 9 N–H and O–H groups in total. The van der Waals surface area contributed by atoms with E-state index in [-0.39, 0.29) is 0 Å². The molecule has 13 heteroatoms. The molecule has 0 amide bonds. The molecule has 1 aliphatic heterocycles. The van der Waals surface area contributed by atoms with Crippen LogP contribution in [0.15, 0.2) is 29.5 Å². The van der Waals surface area contributed by atoms with Crippen LogP contribution in [0.1, 0.15) is 0 Å². The summed E-state index contributed by atoms with van der Waals surface area (Å²) in [5.74, 6) is 0.339. The lowest BCUT2D eigenvalue weighted by molar-refractivity contribution is -0.312. The summed E-state index contributed by atoms with van der Waals surface area (Å²) in [6.45, 7) is -1.55. The average Bonchev–Trinajstić information content (AvgIpc) is 2.77. The highest BCUT2D eigenvalue weighted by molar-refractivity contribution is 5.65. The van der Waals surface area contributed by atoms with Crippen LogP contribution in [0, 0.1) is 0 Å². The van der Waals surface area contributed by atoms with Crippen LogP contribution >= 0.6 is 0 Å². The van der Waals surface area contributed by atoms with E-state index >= 15 is 0 Å². The number of hydrogen-bond donors (Lipinski definition) is 9. The van der Waals surface area contributed by atoms with Crippen molar-refractivity contribution in [2.75, 3.05) is 18.6 Å². The molecule has 0 aliphatic carbocycles. The maximum absolute atomic E-state index is 10.4.